The van der Waals surface area contributed by atoms with E-state index in [0.29, 0.717) is 19.7 Å². The average Bonchev–Trinajstić information content (AvgIpc) is 3.19. The molecule has 0 saturated carbocycles. The van der Waals surface area contributed by atoms with Crippen LogP contribution in [-0.4, -0.2) is 33.1 Å². The van der Waals surface area contributed by atoms with Crippen LogP contribution in [0, 0.1) is 0 Å². The number of imidazole rings is 1. The molecule has 1 unspecified atom stereocenters. The molecule has 1 aromatic carbocycles. The molecule has 5 heteroatoms. The molecule has 3 rings (SSSR count). The number of aromatic nitrogens is 2. The van der Waals surface area contributed by atoms with Gasteiger partial charge in [0, 0.05) is 32.6 Å². The van der Waals surface area contributed by atoms with Gasteiger partial charge in [-0.15, -0.1) is 0 Å². The van der Waals surface area contributed by atoms with Gasteiger partial charge in [-0.2, -0.15) is 0 Å². The molecule has 1 aliphatic heterocycles. The predicted octanol–water partition coefficient (Wildman–Crippen LogP) is 2.13. The van der Waals surface area contributed by atoms with Gasteiger partial charge in [-0.3, -0.25) is 4.79 Å². The molecule has 2 aromatic rings. The average molecular weight is 299 g/mol. The van der Waals surface area contributed by atoms with Crippen LogP contribution in [0.4, 0.5) is 0 Å². The van der Waals surface area contributed by atoms with Crippen LogP contribution in [0.3, 0.4) is 0 Å². The molecule has 0 aliphatic carbocycles. The first-order chi connectivity index (χ1) is 10.7. The zero-order chi connectivity index (χ0) is 15.4. The molecule has 22 heavy (non-hydrogen) atoms. The molecular formula is C17H21N3O2. The monoisotopic (exact) mass is 299 g/mol. The van der Waals surface area contributed by atoms with Crippen molar-refractivity contribution in [2.45, 2.75) is 32.0 Å². The van der Waals surface area contributed by atoms with Gasteiger partial charge in [0.2, 0.25) is 0 Å². The van der Waals surface area contributed by atoms with Crippen molar-refractivity contribution in [2.75, 3.05) is 6.61 Å². The van der Waals surface area contributed by atoms with E-state index < -0.39 is 0 Å². The summed E-state index contributed by atoms with van der Waals surface area (Å²) in [4.78, 5) is 18.9. The Balaban J connectivity index is 1.78. The SMILES string of the molecule is Cn1ccnc1CN(Cc1ccccc1)C(=O)C1CCCO1. The van der Waals surface area contributed by atoms with Gasteiger partial charge in [0.05, 0.1) is 6.54 Å². The van der Waals surface area contributed by atoms with Crippen molar-refractivity contribution in [3.63, 3.8) is 0 Å². The lowest BCUT2D eigenvalue weighted by Gasteiger charge is -2.25. The molecule has 0 radical (unpaired) electrons. The molecule has 1 amide bonds. The van der Waals surface area contributed by atoms with Crippen LogP contribution in [0.25, 0.3) is 0 Å². The maximum atomic E-state index is 12.8. The summed E-state index contributed by atoms with van der Waals surface area (Å²) in [5, 5.41) is 0. The summed E-state index contributed by atoms with van der Waals surface area (Å²) < 4.78 is 7.51. The van der Waals surface area contributed by atoms with E-state index in [2.05, 4.69) is 4.98 Å². The van der Waals surface area contributed by atoms with Crippen molar-refractivity contribution in [2.24, 2.45) is 7.05 Å². The number of hydrogen-bond donors (Lipinski definition) is 0. The highest BCUT2D eigenvalue weighted by Gasteiger charge is 2.29. The van der Waals surface area contributed by atoms with E-state index in [-0.39, 0.29) is 12.0 Å². The largest absolute Gasteiger partial charge is 0.368 e. The molecule has 1 atom stereocenters. The molecule has 1 aromatic heterocycles. The summed E-state index contributed by atoms with van der Waals surface area (Å²) in [6.45, 7) is 1.75. The van der Waals surface area contributed by atoms with Crippen LogP contribution >= 0.6 is 0 Å². The Morgan fingerprint density at radius 2 is 2.18 bits per heavy atom. The van der Waals surface area contributed by atoms with E-state index in [4.69, 9.17) is 4.74 Å². The van der Waals surface area contributed by atoms with Crippen molar-refractivity contribution in [1.29, 1.82) is 0 Å². The van der Waals surface area contributed by atoms with Crippen LogP contribution in [-0.2, 0) is 29.7 Å². The van der Waals surface area contributed by atoms with Gasteiger partial charge in [0.1, 0.15) is 11.9 Å². The standard InChI is InChI=1S/C17H21N3O2/c1-19-10-9-18-16(19)13-20(12-14-6-3-2-4-7-14)17(21)15-8-5-11-22-15/h2-4,6-7,9-10,15H,5,8,11-13H2,1H3. The fraction of sp³-hybridized carbons (Fsp3) is 0.412. The van der Waals surface area contributed by atoms with Crippen LogP contribution < -0.4 is 0 Å². The summed E-state index contributed by atoms with van der Waals surface area (Å²) in [5.41, 5.74) is 1.11. The topological polar surface area (TPSA) is 47.4 Å². The minimum absolute atomic E-state index is 0.0596. The highest BCUT2D eigenvalue weighted by Crippen LogP contribution is 2.18. The minimum atomic E-state index is -0.302. The van der Waals surface area contributed by atoms with Crippen molar-refractivity contribution < 1.29 is 9.53 Å². The quantitative estimate of drug-likeness (QED) is 0.849. The maximum Gasteiger partial charge on any atom is 0.252 e. The van der Waals surface area contributed by atoms with Crippen molar-refractivity contribution >= 4 is 5.91 Å². The third-order valence-corrected chi connectivity index (χ3v) is 3.99. The molecule has 1 aliphatic rings. The first kappa shape index (κ1) is 14.8. The molecule has 1 fully saturated rings. The lowest BCUT2D eigenvalue weighted by Crippen LogP contribution is -2.38. The third-order valence-electron chi connectivity index (χ3n) is 3.99. The van der Waals surface area contributed by atoms with Gasteiger partial charge in [-0.25, -0.2) is 4.98 Å². The Kier molecular flexibility index (Phi) is 4.53. The summed E-state index contributed by atoms with van der Waals surface area (Å²) in [6, 6.07) is 10.0. The number of carbonyl (C=O) groups excluding carboxylic acids is 1. The number of carbonyl (C=O) groups is 1. The second-order valence-corrected chi connectivity index (χ2v) is 5.64. The van der Waals surface area contributed by atoms with E-state index in [0.717, 1.165) is 24.2 Å². The van der Waals surface area contributed by atoms with Crippen LogP contribution in [0.5, 0.6) is 0 Å². The van der Waals surface area contributed by atoms with E-state index in [1.165, 1.54) is 0 Å². The van der Waals surface area contributed by atoms with Crippen molar-refractivity contribution in [3.8, 4) is 0 Å². The van der Waals surface area contributed by atoms with Crippen LogP contribution in [0.2, 0.25) is 0 Å². The summed E-state index contributed by atoms with van der Waals surface area (Å²) in [6.07, 6.45) is 5.12. The number of amides is 1. The lowest BCUT2D eigenvalue weighted by molar-refractivity contribution is -0.142. The molecule has 1 saturated heterocycles. The number of ether oxygens (including phenoxy) is 1. The van der Waals surface area contributed by atoms with E-state index in [1.54, 1.807) is 6.20 Å². The molecular weight excluding hydrogens is 278 g/mol. The van der Waals surface area contributed by atoms with E-state index in [1.807, 2.05) is 53.0 Å². The van der Waals surface area contributed by atoms with Crippen molar-refractivity contribution in [3.05, 3.63) is 54.1 Å². The number of benzene rings is 1. The van der Waals surface area contributed by atoms with E-state index >= 15 is 0 Å². The van der Waals surface area contributed by atoms with Gasteiger partial charge in [0.15, 0.2) is 0 Å². The number of nitrogens with zero attached hydrogens (tertiary/aromatic N) is 3. The zero-order valence-electron chi connectivity index (χ0n) is 12.8. The molecule has 2 heterocycles. The highest BCUT2D eigenvalue weighted by atomic mass is 16.5. The van der Waals surface area contributed by atoms with Crippen LogP contribution in [0.1, 0.15) is 24.2 Å². The fourth-order valence-corrected chi connectivity index (χ4v) is 2.71. The lowest BCUT2D eigenvalue weighted by atomic mass is 10.1. The smallest absolute Gasteiger partial charge is 0.252 e. The van der Waals surface area contributed by atoms with Crippen molar-refractivity contribution in [1.82, 2.24) is 14.5 Å². The minimum Gasteiger partial charge on any atom is -0.368 e. The Bertz CT molecular complexity index is 618. The summed E-state index contributed by atoms with van der Waals surface area (Å²) in [5.74, 6) is 0.937. The second kappa shape index (κ2) is 6.75. The Labute approximate surface area is 130 Å². The first-order valence-electron chi connectivity index (χ1n) is 7.64. The number of rotatable bonds is 5. The number of hydrogen-bond acceptors (Lipinski definition) is 3. The summed E-state index contributed by atoms with van der Waals surface area (Å²) >= 11 is 0. The number of aryl methyl sites for hydroxylation is 1. The first-order valence-corrected chi connectivity index (χ1v) is 7.64. The summed E-state index contributed by atoms with van der Waals surface area (Å²) in [7, 11) is 1.94. The second-order valence-electron chi connectivity index (χ2n) is 5.64. The van der Waals surface area contributed by atoms with Gasteiger partial charge in [0.25, 0.3) is 5.91 Å². The van der Waals surface area contributed by atoms with Gasteiger partial charge in [-0.1, -0.05) is 30.3 Å². The maximum absolute atomic E-state index is 12.8. The Morgan fingerprint density at radius 3 is 2.82 bits per heavy atom. The predicted molar refractivity (Wildman–Crippen MR) is 82.9 cm³/mol. The van der Waals surface area contributed by atoms with E-state index in [9.17, 15) is 4.79 Å². The van der Waals surface area contributed by atoms with Gasteiger partial charge < -0.3 is 14.2 Å². The molecule has 116 valence electrons. The Hall–Kier alpha value is -2.14. The Morgan fingerprint density at radius 1 is 1.36 bits per heavy atom. The van der Waals surface area contributed by atoms with Crippen LogP contribution in [0.15, 0.2) is 42.7 Å². The normalized spacial score (nSPS) is 17.6. The molecule has 5 nitrogen and oxygen atoms in total. The van der Waals surface area contributed by atoms with Gasteiger partial charge in [-0.05, 0) is 18.4 Å². The third kappa shape index (κ3) is 3.36. The molecule has 0 bridgehead atoms. The fourth-order valence-electron chi connectivity index (χ4n) is 2.71. The molecule has 0 spiro atoms. The molecule has 0 N–H and O–H groups in total. The highest BCUT2D eigenvalue weighted by molar-refractivity contribution is 5.81. The zero-order valence-corrected chi connectivity index (χ0v) is 12.8. The van der Waals surface area contributed by atoms with Gasteiger partial charge >= 0.3 is 0 Å².